The van der Waals surface area contributed by atoms with E-state index < -0.39 is 0 Å². The van der Waals surface area contributed by atoms with Crippen molar-refractivity contribution in [1.29, 1.82) is 0 Å². The van der Waals surface area contributed by atoms with Crippen LogP contribution in [0, 0.1) is 13.8 Å². The van der Waals surface area contributed by atoms with Crippen LogP contribution in [0.5, 0.6) is 0 Å². The third-order valence-corrected chi connectivity index (χ3v) is 8.21. The van der Waals surface area contributed by atoms with Crippen molar-refractivity contribution in [3.05, 3.63) is 86.7 Å². The molecule has 1 aromatic heterocycles. The van der Waals surface area contributed by atoms with Crippen LogP contribution in [0.2, 0.25) is 5.02 Å². The third kappa shape index (κ3) is 6.24. The molecule has 4 N–H and O–H groups in total. The Morgan fingerprint density at radius 2 is 1.80 bits per heavy atom. The summed E-state index contributed by atoms with van der Waals surface area (Å²) in [5.74, 6) is -0.608. The minimum atomic E-state index is -0.256. The first-order valence-electron chi connectivity index (χ1n) is 14.2. The van der Waals surface area contributed by atoms with Gasteiger partial charge in [0, 0.05) is 46.3 Å². The van der Waals surface area contributed by atoms with Crippen LogP contribution in [-0.2, 0) is 4.79 Å². The van der Waals surface area contributed by atoms with E-state index in [9.17, 15) is 14.4 Å². The molecule has 3 amide bonds. The number of amides is 3. The predicted octanol–water partition coefficient (Wildman–Crippen LogP) is 5.48. The van der Waals surface area contributed by atoms with E-state index in [1.54, 1.807) is 24.3 Å². The summed E-state index contributed by atoms with van der Waals surface area (Å²) in [5, 5.41) is 9.66. The number of carbonyl (C=O) groups excluding carboxylic acids is 3. The maximum Gasteiger partial charge on any atom is 0.256 e. The van der Waals surface area contributed by atoms with Gasteiger partial charge in [-0.3, -0.25) is 14.4 Å². The highest BCUT2D eigenvalue weighted by molar-refractivity contribution is 6.35. The lowest BCUT2D eigenvalue weighted by molar-refractivity contribution is -0.110. The van der Waals surface area contributed by atoms with Crippen LogP contribution in [0.3, 0.4) is 0 Å². The minimum absolute atomic E-state index is 0.124. The normalized spacial score (nSPS) is 16.5. The molecule has 41 heavy (non-hydrogen) atoms. The maximum absolute atomic E-state index is 13.2. The SMILES string of the molecule is CCC(NC(=O)c1ccc2c(c1)/C(=C/c1[nH]c(C)c(C(=O)NCCN3CCCC3)c1C)C(=O)N2)c1ccc(Cl)cc1. The van der Waals surface area contributed by atoms with Gasteiger partial charge >= 0.3 is 0 Å². The van der Waals surface area contributed by atoms with Crippen LogP contribution < -0.4 is 16.0 Å². The van der Waals surface area contributed by atoms with Crippen molar-refractivity contribution in [2.45, 2.75) is 46.1 Å². The Morgan fingerprint density at radius 3 is 2.51 bits per heavy atom. The van der Waals surface area contributed by atoms with E-state index >= 15 is 0 Å². The van der Waals surface area contributed by atoms with Crippen LogP contribution in [0.25, 0.3) is 11.6 Å². The number of fused-ring (bicyclic) bond motifs is 1. The smallest absolute Gasteiger partial charge is 0.256 e. The number of H-pyrrole nitrogens is 1. The molecule has 3 aromatic rings. The highest BCUT2D eigenvalue weighted by atomic mass is 35.5. The molecule has 1 saturated heterocycles. The minimum Gasteiger partial charge on any atom is -0.358 e. The molecule has 5 rings (SSSR count). The molecule has 0 radical (unpaired) electrons. The van der Waals surface area contributed by atoms with E-state index in [1.807, 2.05) is 45.0 Å². The van der Waals surface area contributed by atoms with Gasteiger partial charge < -0.3 is 25.8 Å². The van der Waals surface area contributed by atoms with Gasteiger partial charge in [-0.2, -0.15) is 0 Å². The number of nitrogens with zero attached hydrogens (tertiary/aromatic N) is 1. The third-order valence-electron chi connectivity index (χ3n) is 7.95. The lowest BCUT2D eigenvalue weighted by atomic mass is 10.0. The van der Waals surface area contributed by atoms with Crippen LogP contribution in [0.15, 0.2) is 42.5 Å². The Kier molecular flexibility index (Phi) is 8.61. The van der Waals surface area contributed by atoms with Crippen LogP contribution in [0.4, 0.5) is 5.69 Å². The molecule has 1 atom stereocenters. The number of benzene rings is 2. The molecule has 0 saturated carbocycles. The molecule has 0 spiro atoms. The molecule has 0 aliphatic carbocycles. The van der Waals surface area contributed by atoms with Crippen molar-refractivity contribution in [3.63, 3.8) is 0 Å². The monoisotopic (exact) mass is 573 g/mol. The lowest BCUT2D eigenvalue weighted by Gasteiger charge is -2.18. The molecule has 1 fully saturated rings. The number of halogens is 1. The highest BCUT2D eigenvalue weighted by Crippen LogP contribution is 2.35. The number of hydrogen-bond acceptors (Lipinski definition) is 4. The largest absolute Gasteiger partial charge is 0.358 e. The first-order valence-corrected chi connectivity index (χ1v) is 14.6. The van der Waals surface area contributed by atoms with Gasteiger partial charge in [0.25, 0.3) is 17.7 Å². The second kappa shape index (κ2) is 12.3. The molecule has 2 aromatic carbocycles. The average Bonchev–Trinajstić information content (AvgIpc) is 3.65. The number of rotatable bonds is 9. The molecule has 2 aliphatic rings. The summed E-state index contributed by atoms with van der Waals surface area (Å²) in [6.07, 6.45) is 4.90. The highest BCUT2D eigenvalue weighted by Gasteiger charge is 2.27. The topological polar surface area (TPSA) is 106 Å². The summed E-state index contributed by atoms with van der Waals surface area (Å²) in [7, 11) is 0. The number of aromatic nitrogens is 1. The van der Waals surface area contributed by atoms with Gasteiger partial charge in [-0.05, 0) is 93.7 Å². The summed E-state index contributed by atoms with van der Waals surface area (Å²) in [6.45, 7) is 9.36. The Balaban J connectivity index is 1.34. The molecule has 214 valence electrons. The van der Waals surface area contributed by atoms with E-state index in [-0.39, 0.29) is 23.8 Å². The van der Waals surface area contributed by atoms with Gasteiger partial charge in [0.15, 0.2) is 0 Å². The van der Waals surface area contributed by atoms with E-state index in [4.69, 9.17) is 11.6 Å². The van der Waals surface area contributed by atoms with Gasteiger partial charge in [-0.15, -0.1) is 0 Å². The summed E-state index contributed by atoms with van der Waals surface area (Å²) in [4.78, 5) is 44.9. The van der Waals surface area contributed by atoms with E-state index in [0.29, 0.717) is 51.6 Å². The second-order valence-electron chi connectivity index (χ2n) is 10.7. The number of carbonyl (C=O) groups is 3. The van der Waals surface area contributed by atoms with Gasteiger partial charge in [-0.1, -0.05) is 30.7 Å². The Morgan fingerprint density at radius 1 is 1.07 bits per heavy atom. The standard InChI is InChI=1S/C32H36ClN5O3/c1-4-26(21-7-10-23(33)11-8-21)36-30(39)22-9-12-27-24(17-22)25(31(40)37-27)18-28-19(2)29(20(3)35-28)32(41)34-13-16-38-14-5-6-15-38/h7-12,17-18,26,35H,4-6,13-16H2,1-3H3,(H,34,41)(H,36,39)(H,37,40)/b25-18-. The van der Waals surface area contributed by atoms with Gasteiger partial charge in [0.1, 0.15) is 0 Å². The van der Waals surface area contributed by atoms with Crippen molar-refractivity contribution in [3.8, 4) is 0 Å². The summed E-state index contributed by atoms with van der Waals surface area (Å²) >= 11 is 6.03. The van der Waals surface area contributed by atoms with Crippen molar-refractivity contribution in [1.82, 2.24) is 20.5 Å². The first kappa shape index (κ1) is 28.6. The molecule has 8 nitrogen and oxygen atoms in total. The van der Waals surface area contributed by atoms with Crippen LogP contribution >= 0.6 is 11.6 Å². The zero-order valence-corrected chi connectivity index (χ0v) is 24.5. The summed E-state index contributed by atoms with van der Waals surface area (Å²) in [5.41, 5.74) is 5.95. The zero-order chi connectivity index (χ0) is 29.1. The van der Waals surface area contributed by atoms with Gasteiger partial charge in [-0.25, -0.2) is 0 Å². The van der Waals surface area contributed by atoms with Gasteiger partial charge in [0.2, 0.25) is 0 Å². The van der Waals surface area contributed by atoms with E-state index in [0.717, 1.165) is 36.5 Å². The first-order chi connectivity index (χ1) is 19.7. The number of aryl methyl sites for hydroxylation is 1. The maximum atomic E-state index is 13.2. The number of likely N-dealkylation sites (tertiary alicyclic amines) is 1. The fourth-order valence-electron chi connectivity index (χ4n) is 5.66. The van der Waals surface area contributed by atoms with Gasteiger partial charge in [0.05, 0.1) is 17.2 Å². The fraction of sp³-hybridized carbons (Fsp3) is 0.344. The molecule has 1 unspecified atom stereocenters. The molecule has 2 aliphatic heterocycles. The molecular formula is C32H36ClN5O3. The summed E-state index contributed by atoms with van der Waals surface area (Å²) in [6, 6.07) is 12.5. The number of hydrogen-bond donors (Lipinski definition) is 4. The van der Waals surface area contributed by atoms with Crippen molar-refractivity contribution < 1.29 is 14.4 Å². The average molecular weight is 574 g/mol. The molecule has 9 heteroatoms. The Labute approximate surface area is 245 Å². The quantitative estimate of drug-likeness (QED) is 0.254. The number of nitrogens with one attached hydrogen (secondary N) is 4. The zero-order valence-electron chi connectivity index (χ0n) is 23.7. The van der Waals surface area contributed by atoms with Crippen molar-refractivity contribution >= 4 is 46.7 Å². The number of aromatic amines is 1. The van der Waals surface area contributed by atoms with Crippen molar-refractivity contribution in [2.24, 2.45) is 0 Å². The van der Waals surface area contributed by atoms with Crippen LogP contribution in [-0.4, -0.2) is 53.8 Å². The Hall–Kier alpha value is -3.88. The Bertz CT molecular complexity index is 1500. The lowest BCUT2D eigenvalue weighted by Crippen LogP contribution is -2.33. The van der Waals surface area contributed by atoms with Crippen molar-refractivity contribution in [2.75, 3.05) is 31.5 Å². The van der Waals surface area contributed by atoms with E-state index in [1.165, 1.54) is 12.8 Å². The fourth-order valence-corrected chi connectivity index (χ4v) is 5.78. The number of anilines is 1. The summed E-state index contributed by atoms with van der Waals surface area (Å²) < 4.78 is 0. The second-order valence-corrected chi connectivity index (χ2v) is 11.2. The van der Waals surface area contributed by atoms with E-state index in [2.05, 4.69) is 25.8 Å². The molecule has 0 bridgehead atoms. The predicted molar refractivity (Wildman–Crippen MR) is 163 cm³/mol. The van der Waals surface area contributed by atoms with Crippen LogP contribution in [0.1, 0.15) is 81.0 Å². The molecular weight excluding hydrogens is 538 g/mol. The molecule has 3 heterocycles.